The zero-order valence-corrected chi connectivity index (χ0v) is 13.7. The van der Waals surface area contributed by atoms with Gasteiger partial charge in [-0.25, -0.2) is 10.2 Å². The van der Waals surface area contributed by atoms with Crippen molar-refractivity contribution in [1.82, 2.24) is 16.2 Å². The van der Waals surface area contributed by atoms with Gasteiger partial charge in [0.2, 0.25) is 0 Å². The second-order valence-corrected chi connectivity index (χ2v) is 5.54. The number of hydrogen-bond acceptors (Lipinski definition) is 4. The molecule has 3 amide bonds. The van der Waals surface area contributed by atoms with Crippen LogP contribution in [0.1, 0.15) is 52.4 Å². The van der Waals surface area contributed by atoms with Crippen LogP contribution in [-0.4, -0.2) is 43.9 Å². The van der Waals surface area contributed by atoms with Crippen LogP contribution in [0.5, 0.6) is 0 Å². The molecule has 0 aromatic rings. The molecule has 7 heteroatoms. The fraction of sp³-hybridized carbons (Fsp3) is 0.867. The van der Waals surface area contributed by atoms with Gasteiger partial charge in [0, 0.05) is 13.2 Å². The van der Waals surface area contributed by atoms with Gasteiger partial charge in [0.15, 0.2) is 0 Å². The maximum atomic E-state index is 11.8. The Balaban J connectivity index is 2.08. The largest absolute Gasteiger partial charge is 0.376 e. The highest BCUT2D eigenvalue weighted by Gasteiger charge is 2.19. The van der Waals surface area contributed by atoms with E-state index in [2.05, 4.69) is 23.1 Å². The highest BCUT2D eigenvalue weighted by Crippen LogP contribution is 2.13. The molecule has 1 saturated heterocycles. The molecule has 7 nitrogen and oxygen atoms in total. The van der Waals surface area contributed by atoms with Crippen molar-refractivity contribution in [3.63, 3.8) is 0 Å². The average Bonchev–Trinajstić information content (AvgIpc) is 2.55. The van der Waals surface area contributed by atoms with E-state index in [1.807, 2.05) is 0 Å². The molecule has 1 fully saturated rings. The van der Waals surface area contributed by atoms with Crippen LogP contribution in [0.4, 0.5) is 4.79 Å². The lowest BCUT2D eigenvalue weighted by Gasteiger charge is -2.23. The summed E-state index contributed by atoms with van der Waals surface area (Å²) in [6.07, 6.45) is 5.72. The molecule has 0 bridgehead atoms. The normalized spacial score (nSPS) is 19.3. The molecule has 0 radical (unpaired) electrons. The predicted octanol–water partition coefficient (Wildman–Crippen LogP) is 1.48. The first kappa shape index (κ1) is 18.7. The third-order valence-corrected chi connectivity index (χ3v) is 3.54. The van der Waals surface area contributed by atoms with E-state index in [1.54, 1.807) is 6.92 Å². The topological polar surface area (TPSA) is 88.7 Å². The maximum Gasteiger partial charge on any atom is 0.333 e. The van der Waals surface area contributed by atoms with Crippen LogP contribution < -0.4 is 16.2 Å². The van der Waals surface area contributed by atoms with E-state index in [-0.39, 0.29) is 12.0 Å². The maximum absolute atomic E-state index is 11.8. The van der Waals surface area contributed by atoms with Crippen molar-refractivity contribution >= 4 is 11.9 Å². The quantitative estimate of drug-likeness (QED) is 0.467. The molecule has 2 unspecified atom stereocenters. The molecule has 0 aromatic carbocycles. The lowest BCUT2D eigenvalue weighted by Crippen LogP contribution is -2.50. The molecule has 128 valence electrons. The number of carbonyl (C=O) groups excluding carboxylic acids is 2. The van der Waals surface area contributed by atoms with Crippen molar-refractivity contribution in [2.75, 3.05) is 19.8 Å². The van der Waals surface area contributed by atoms with Crippen molar-refractivity contribution in [2.24, 2.45) is 0 Å². The fourth-order valence-electron chi connectivity index (χ4n) is 2.11. The summed E-state index contributed by atoms with van der Waals surface area (Å²) in [6, 6.07) is -0.410. The molecule has 1 aliphatic rings. The van der Waals surface area contributed by atoms with Crippen molar-refractivity contribution < 1.29 is 19.1 Å². The molecular formula is C15H29N3O4. The van der Waals surface area contributed by atoms with Gasteiger partial charge in [-0.2, -0.15) is 0 Å². The number of ether oxygens (including phenoxy) is 2. The fourth-order valence-corrected chi connectivity index (χ4v) is 2.11. The van der Waals surface area contributed by atoms with Crippen LogP contribution in [0.3, 0.4) is 0 Å². The minimum Gasteiger partial charge on any atom is -0.376 e. The van der Waals surface area contributed by atoms with Gasteiger partial charge in [-0.05, 0) is 32.6 Å². The summed E-state index contributed by atoms with van der Waals surface area (Å²) in [6.45, 7) is 5.51. The van der Waals surface area contributed by atoms with Gasteiger partial charge in [-0.3, -0.25) is 10.2 Å². The van der Waals surface area contributed by atoms with E-state index in [4.69, 9.17) is 9.47 Å². The second-order valence-electron chi connectivity index (χ2n) is 5.54. The molecular weight excluding hydrogens is 286 g/mol. The zero-order valence-electron chi connectivity index (χ0n) is 13.7. The molecule has 0 aliphatic carbocycles. The van der Waals surface area contributed by atoms with Crippen molar-refractivity contribution in [1.29, 1.82) is 0 Å². The minimum absolute atomic E-state index is 0.0684. The SMILES string of the molecule is CCCCCNC(=O)NNC(=O)C(C)OCC1CCCCO1. The number of hydrazine groups is 1. The first-order chi connectivity index (χ1) is 10.6. The van der Waals surface area contributed by atoms with E-state index in [1.165, 1.54) is 0 Å². The van der Waals surface area contributed by atoms with E-state index in [0.29, 0.717) is 13.2 Å². The number of amides is 3. The van der Waals surface area contributed by atoms with Gasteiger partial charge in [-0.1, -0.05) is 19.8 Å². The predicted molar refractivity (Wildman–Crippen MR) is 83.2 cm³/mol. The summed E-state index contributed by atoms with van der Waals surface area (Å²) in [5.74, 6) is -0.375. The highest BCUT2D eigenvalue weighted by atomic mass is 16.5. The van der Waals surface area contributed by atoms with Crippen molar-refractivity contribution in [3.8, 4) is 0 Å². The number of urea groups is 1. The molecule has 22 heavy (non-hydrogen) atoms. The number of nitrogens with one attached hydrogen (secondary N) is 3. The highest BCUT2D eigenvalue weighted by molar-refractivity contribution is 5.83. The molecule has 2 atom stereocenters. The Labute approximate surface area is 132 Å². The molecule has 0 aromatic heterocycles. The van der Waals surface area contributed by atoms with Crippen molar-refractivity contribution in [2.45, 2.75) is 64.6 Å². The summed E-state index contributed by atoms with van der Waals surface area (Å²) in [4.78, 5) is 23.2. The van der Waals surface area contributed by atoms with Gasteiger partial charge in [0.1, 0.15) is 6.10 Å². The summed E-state index contributed by atoms with van der Waals surface area (Å²) in [5.41, 5.74) is 4.66. The minimum atomic E-state index is -0.633. The van der Waals surface area contributed by atoms with Crippen LogP contribution >= 0.6 is 0 Å². The Morgan fingerprint density at radius 3 is 2.77 bits per heavy atom. The molecule has 3 N–H and O–H groups in total. The Morgan fingerprint density at radius 1 is 1.27 bits per heavy atom. The number of carbonyl (C=O) groups is 2. The monoisotopic (exact) mass is 315 g/mol. The first-order valence-corrected chi connectivity index (χ1v) is 8.20. The van der Waals surface area contributed by atoms with Gasteiger partial charge in [0.05, 0.1) is 12.7 Å². The van der Waals surface area contributed by atoms with Gasteiger partial charge < -0.3 is 14.8 Å². The second kappa shape index (κ2) is 11.3. The van der Waals surface area contributed by atoms with Crippen LogP contribution in [-0.2, 0) is 14.3 Å². The molecule has 0 saturated carbocycles. The van der Waals surface area contributed by atoms with E-state index in [0.717, 1.165) is 45.1 Å². The third kappa shape index (κ3) is 8.19. The van der Waals surface area contributed by atoms with Crippen LogP contribution in [0.2, 0.25) is 0 Å². The van der Waals surface area contributed by atoms with E-state index >= 15 is 0 Å². The average molecular weight is 315 g/mol. The van der Waals surface area contributed by atoms with Crippen LogP contribution in [0, 0.1) is 0 Å². The summed E-state index contributed by atoms with van der Waals surface area (Å²) >= 11 is 0. The van der Waals surface area contributed by atoms with Crippen molar-refractivity contribution in [3.05, 3.63) is 0 Å². The van der Waals surface area contributed by atoms with Crippen LogP contribution in [0.25, 0.3) is 0 Å². The van der Waals surface area contributed by atoms with E-state index in [9.17, 15) is 9.59 Å². The number of rotatable bonds is 8. The third-order valence-electron chi connectivity index (χ3n) is 3.54. The lowest BCUT2D eigenvalue weighted by molar-refractivity contribution is -0.136. The smallest absolute Gasteiger partial charge is 0.333 e. The van der Waals surface area contributed by atoms with E-state index < -0.39 is 12.1 Å². The summed E-state index contributed by atoms with van der Waals surface area (Å²) < 4.78 is 11.0. The van der Waals surface area contributed by atoms with Gasteiger partial charge in [-0.15, -0.1) is 0 Å². The molecule has 1 rings (SSSR count). The summed E-state index contributed by atoms with van der Waals surface area (Å²) in [7, 11) is 0. The molecule has 0 spiro atoms. The summed E-state index contributed by atoms with van der Waals surface area (Å²) in [5, 5.41) is 2.67. The number of hydrogen-bond donors (Lipinski definition) is 3. The Morgan fingerprint density at radius 2 is 2.09 bits per heavy atom. The standard InChI is InChI=1S/C15H29N3O4/c1-3-4-6-9-16-15(20)18-17-14(19)12(2)22-11-13-8-5-7-10-21-13/h12-13H,3-11H2,1-2H3,(H,17,19)(H2,16,18,20). The Hall–Kier alpha value is -1.34. The Kier molecular flexibility index (Phi) is 9.57. The lowest BCUT2D eigenvalue weighted by atomic mass is 10.1. The number of unbranched alkanes of at least 4 members (excludes halogenated alkanes) is 2. The molecule has 1 aliphatic heterocycles. The van der Waals surface area contributed by atoms with Gasteiger partial charge in [0.25, 0.3) is 5.91 Å². The van der Waals surface area contributed by atoms with Crippen LogP contribution in [0.15, 0.2) is 0 Å². The zero-order chi connectivity index (χ0) is 16.2. The van der Waals surface area contributed by atoms with Gasteiger partial charge >= 0.3 is 6.03 Å². The molecule has 1 heterocycles. The Bertz CT molecular complexity index is 333. The first-order valence-electron chi connectivity index (χ1n) is 8.20.